The number of hydrogen-bond donors (Lipinski definition) is 1. The van der Waals surface area contributed by atoms with E-state index in [1.807, 2.05) is 36.4 Å². The highest BCUT2D eigenvalue weighted by Crippen LogP contribution is 2.16. The zero-order chi connectivity index (χ0) is 14.5. The van der Waals surface area contributed by atoms with Gasteiger partial charge in [0.15, 0.2) is 0 Å². The van der Waals surface area contributed by atoms with Crippen molar-refractivity contribution in [1.82, 2.24) is 0 Å². The molecule has 0 saturated carbocycles. The Kier molecular flexibility index (Phi) is 4.41. The molecule has 0 aliphatic rings. The molecule has 0 saturated heterocycles. The second-order valence-corrected chi connectivity index (χ2v) is 4.89. The van der Waals surface area contributed by atoms with Crippen molar-refractivity contribution < 1.29 is 4.79 Å². The molecule has 2 rings (SSSR count). The van der Waals surface area contributed by atoms with Crippen molar-refractivity contribution in [3.8, 4) is 0 Å². The molecule has 3 nitrogen and oxygen atoms in total. The molecule has 0 unspecified atom stereocenters. The van der Waals surface area contributed by atoms with Crippen LogP contribution in [0.3, 0.4) is 0 Å². The molecule has 2 aromatic rings. The number of aryl methyl sites for hydroxylation is 1. The third kappa shape index (κ3) is 3.38. The topological polar surface area (TPSA) is 46.3 Å². The van der Waals surface area contributed by atoms with E-state index in [2.05, 4.69) is 19.1 Å². The number of nitrogens with two attached hydrogens (primary N) is 1. The maximum atomic E-state index is 12.2. The van der Waals surface area contributed by atoms with Gasteiger partial charge in [-0.3, -0.25) is 4.79 Å². The molecule has 3 heteroatoms. The van der Waals surface area contributed by atoms with Crippen LogP contribution in [0.5, 0.6) is 0 Å². The molecule has 0 atom stereocenters. The van der Waals surface area contributed by atoms with E-state index in [1.165, 1.54) is 5.56 Å². The number of anilines is 2. The fourth-order valence-electron chi connectivity index (χ4n) is 2.03. The van der Waals surface area contributed by atoms with Gasteiger partial charge in [0.1, 0.15) is 0 Å². The monoisotopic (exact) mass is 268 g/mol. The van der Waals surface area contributed by atoms with Gasteiger partial charge in [-0.05, 0) is 41.8 Å². The van der Waals surface area contributed by atoms with Crippen molar-refractivity contribution in [2.24, 2.45) is 0 Å². The van der Waals surface area contributed by atoms with Gasteiger partial charge in [-0.2, -0.15) is 0 Å². The number of nitrogens with zero attached hydrogens (tertiary/aromatic N) is 1. The maximum absolute atomic E-state index is 12.2. The van der Waals surface area contributed by atoms with E-state index in [0.717, 1.165) is 17.7 Å². The summed E-state index contributed by atoms with van der Waals surface area (Å²) >= 11 is 0. The molecule has 2 N–H and O–H groups in total. The van der Waals surface area contributed by atoms with Crippen LogP contribution in [-0.2, 0) is 17.6 Å². The fourth-order valence-corrected chi connectivity index (χ4v) is 2.03. The summed E-state index contributed by atoms with van der Waals surface area (Å²) in [6, 6.07) is 15.5. The molecule has 0 heterocycles. The van der Waals surface area contributed by atoms with Gasteiger partial charge in [-0.25, -0.2) is 0 Å². The summed E-state index contributed by atoms with van der Waals surface area (Å²) in [6.07, 6.45) is 1.38. The highest BCUT2D eigenvalue weighted by Gasteiger charge is 2.11. The Morgan fingerprint density at radius 2 is 1.55 bits per heavy atom. The first-order valence-corrected chi connectivity index (χ1v) is 6.80. The lowest BCUT2D eigenvalue weighted by Gasteiger charge is -2.17. The van der Waals surface area contributed by atoms with Crippen LogP contribution in [0.2, 0.25) is 0 Å². The Morgan fingerprint density at radius 3 is 2.10 bits per heavy atom. The van der Waals surface area contributed by atoms with Gasteiger partial charge >= 0.3 is 0 Å². The van der Waals surface area contributed by atoms with Crippen LogP contribution >= 0.6 is 0 Å². The summed E-state index contributed by atoms with van der Waals surface area (Å²) in [7, 11) is 1.81. The predicted molar refractivity (Wildman–Crippen MR) is 83.8 cm³/mol. The zero-order valence-corrected chi connectivity index (χ0v) is 12.0. The standard InChI is InChI=1S/C17H20N2O/c1-3-13-6-10-16(11-7-13)19(2)17(20)12-14-4-8-15(18)9-5-14/h4-11H,3,12,18H2,1-2H3. The summed E-state index contributed by atoms with van der Waals surface area (Å²) in [6.45, 7) is 2.12. The molecule has 0 aliphatic heterocycles. The van der Waals surface area contributed by atoms with Crippen molar-refractivity contribution in [2.75, 3.05) is 17.7 Å². The van der Waals surface area contributed by atoms with Crippen LogP contribution in [-0.4, -0.2) is 13.0 Å². The molecule has 0 radical (unpaired) electrons. The Morgan fingerprint density at radius 1 is 1.00 bits per heavy atom. The lowest BCUT2D eigenvalue weighted by molar-refractivity contribution is -0.117. The summed E-state index contributed by atoms with van der Waals surface area (Å²) in [5.74, 6) is 0.0685. The quantitative estimate of drug-likeness (QED) is 0.866. The van der Waals surface area contributed by atoms with Gasteiger partial charge < -0.3 is 10.6 Å². The number of amides is 1. The average molecular weight is 268 g/mol. The van der Waals surface area contributed by atoms with Crippen molar-refractivity contribution in [2.45, 2.75) is 19.8 Å². The van der Waals surface area contributed by atoms with Crippen molar-refractivity contribution in [3.63, 3.8) is 0 Å². The number of benzene rings is 2. The number of carbonyl (C=O) groups excluding carboxylic acids is 1. The van der Waals surface area contributed by atoms with Gasteiger partial charge in [-0.15, -0.1) is 0 Å². The molecule has 0 fully saturated rings. The maximum Gasteiger partial charge on any atom is 0.231 e. The van der Waals surface area contributed by atoms with E-state index in [4.69, 9.17) is 5.73 Å². The van der Waals surface area contributed by atoms with Crippen LogP contribution < -0.4 is 10.6 Å². The molecule has 0 aliphatic carbocycles. The number of rotatable bonds is 4. The van der Waals surface area contributed by atoms with Gasteiger partial charge in [0.2, 0.25) is 5.91 Å². The fraction of sp³-hybridized carbons (Fsp3) is 0.235. The minimum Gasteiger partial charge on any atom is -0.399 e. The summed E-state index contributed by atoms with van der Waals surface area (Å²) in [5.41, 5.74) is 9.52. The molecule has 1 amide bonds. The normalized spacial score (nSPS) is 10.3. The summed E-state index contributed by atoms with van der Waals surface area (Å²) in [4.78, 5) is 13.9. The van der Waals surface area contributed by atoms with Gasteiger partial charge in [0, 0.05) is 18.4 Å². The number of nitrogen functional groups attached to an aromatic ring is 1. The van der Waals surface area contributed by atoms with Crippen molar-refractivity contribution >= 4 is 17.3 Å². The average Bonchev–Trinajstić information content (AvgIpc) is 2.49. The first-order chi connectivity index (χ1) is 9.60. The van der Waals surface area contributed by atoms with E-state index in [9.17, 15) is 4.79 Å². The lowest BCUT2D eigenvalue weighted by Crippen LogP contribution is -2.27. The Labute approximate surface area is 120 Å². The largest absolute Gasteiger partial charge is 0.399 e. The molecule has 20 heavy (non-hydrogen) atoms. The molecule has 2 aromatic carbocycles. The molecular formula is C17H20N2O. The Hall–Kier alpha value is -2.29. The predicted octanol–water partition coefficient (Wildman–Crippen LogP) is 3.04. The summed E-state index contributed by atoms with van der Waals surface area (Å²) in [5, 5.41) is 0. The second kappa shape index (κ2) is 6.24. The van der Waals surface area contributed by atoms with Crippen molar-refractivity contribution in [3.05, 3.63) is 59.7 Å². The van der Waals surface area contributed by atoms with Gasteiger partial charge in [-0.1, -0.05) is 31.2 Å². The second-order valence-electron chi connectivity index (χ2n) is 4.89. The summed E-state index contributed by atoms with van der Waals surface area (Å²) < 4.78 is 0. The molecule has 0 bridgehead atoms. The number of hydrogen-bond acceptors (Lipinski definition) is 2. The van der Waals surface area contributed by atoms with E-state index >= 15 is 0 Å². The minimum absolute atomic E-state index is 0.0685. The van der Waals surface area contributed by atoms with Gasteiger partial charge in [0.05, 0.1) is 6.42 Å². The third-order valence-electron chi connectivity index (χ3n) is 3.44. The molecular weight excluding hydrogens is 248 g/mol. The molecule has 0 aromatic heterocycles. The zero-order valence-electron chi connectivity index (χ0n) is 12.0. The van der Waals surface area contributed by atoms with Gasteiger partial charge in [0.25, 0.3) is 0 Å². The Balaban J connectivity index is 2.05. The van der Waals surface area contributed by atoms with E-state index in [0.29, 0.717) is 12.1 Å². The van der Waals surface area contributed by atoms with E-state index in [1.54, 1.807) is 11.9 Å². The van der Waals surface area contributed by atoms with Crippen LogP contribution in [0.15, 0.2) is 48.5 Å². The first-order valence-electron chi connectivity index (χ1n) is 6.80. The molecule has 104 valence electrons. The molecule has 0 spiro atoms. The minimum atomic E-state index is 0.0685. The SMILES string of the molecule is CCc1ccc(N(C)C(=O)Cc2ccc(N)cc2)cc1. The highest BCUT2D eigenvalue weighted by molar-refractivity contribution is 5.94. The smallest absolute Gasteiger partial charge is 0.231 e. The van der Waals surface area contributed by atoms with E-state index < -0.39 is 0 Å². The van der Waals surface area contributed by atoms with Crippen LogP contribution in [0, 0.1) is 0 Å². The highest BCUT2D eigenvalue weighted by atomic mass is 16.2. The van der Waals surface area contributed by atoms with Crippen molar-refractivity contribution in [1.29, 1.82) is 0 Å². The Bertz CT molecular complexity index is 573. The third-order valence-corrected chi connectivity index (χ3v) is 3.44. The van der Waals surface area contributed by atoms with Crippen LogP contribution in [0.25, 0.3) is 0 Å². The van der Waals surface area contributed by atoms with E-state index in [-0.39, 0.29) is 5.91 Å². The number of likely N-dealkylation sites (N-methyl/N-ethyl adjacent to an activating group) is 1. The van der Waals surface area contributed by atoms with Crippen LogP contribution in [0.1, 0.15) is 18.1 Å². The number of carbonyl (C=O) groups is 1. The van der Waals surface area contributed by atoms with Crippen LogP contribution in [0.4, 0.5) is 11.4 Å². The lowest BCUT2D eigenvalue weighted by atomic mass is 10.1. The first kappa shape index (κ1) is 14.1.